The second-order valence-electron chi connectivity index (χ2n) is 5.61. The van der Waals surface area contributed by atoms with E-state index in [1.54, 1.807) is 16.9 Å². The molecule has 2 aromatic heterocycles. The zero-order valence-corrected chi connectivity index (χ0v) is 11.0. The smallest absolute Gasteiger partial charge is 0.399 e. The van der Waals surface area contributed by atoms with E-state index in [2.05, 4.69) is 10.1 Å². The van der Waals surface area contributed by atoms with Crippen LogP contribution in [0.1, 0.15) is 27.7 Å². The summed E-state index contributed by atoms with van der Waals surface area (Å²) in [7, 11) is -0.393. The molecule has 3 rings (SSSR count). The molecule has 3 heterocycles. The fourth-order valence-electron chi connectivity index (χ4n) is 1.93. The van der Waals surface area contributed by atoms with Crippen molar-refractivity contribution in [2.75, 3.05) is 0 Å². The van der Waals surface area contributed by atoms with Crippen LogP contribution in [-0.4, -0.2) is 32.9 Å². The van der Waals surface area contributed by atoms with E-state index in [0.29, 0.717) is 0 Å². The van der Waals surface area contributed by atoms with Crippen molar-refractivity contribution in [2.24, 2.45) is 0 Å². The highest BCUT2D eigenvalue weighted by molar-refractivity contribution is 6.61. The molecule has 0 radical (unpaired) electrons. The minimum absolute atomic E-state index is 0.337. The first-order valence-corrected chi connectivity index (χ1v) is 6.04. The molecule has 18 heavy (non-hydrogen) atoms. The number of rotatable bonds is 1. The van der Waals surface area contributed by atoms with Crippen LogP contribution < -0.4 is 5.46 Å². The molecule has 5 nitrogen and oxygen atoms in total. The predicted octanol–water partition coefficient (Wildman–Crippen LogP) is 1.03. The van der Waals surface area contributed by atoms with Gasteiger partial charge in [0.05, 0.1) is 17.4 Å². The Labute approximate surface area is 106 Å². The largest absolute Gasteiger partial charge is 0.498 e. The van der Waals surface area contributed by atoms with Gasteiger partial charge in [0.2, 0.25) is 0 Å². The van der Waals surface area contributed by atoms with Gasteiger partial charge >= 0.3 is 7.12 Å². The predicted molar refractivity (Wildman–Crippen MR) is 68.7 cm³/mol. The molecule has 0 atom stereocenters. The molecule has 1 aliphatic heterocycles. The Morgan fingerprint density at radius 1 is 1.17 bits per heavy atom. The van der Waals surface area contributed by atoms with Crippen molar-refractivity contribution in [3.05, 3.63) is 24.7 Å². The van der Waals surface area contributed by atoms with Gasteiger partial charge in [0.15, 0.2) is 5.65 Å². The number of nitrogens with zero attached hydrogens (tertiary/aromatic N) is 3. The average molecular weight is 245 g/mol. The molecule has 94 valence electrons. The summed E-state index contributed by atoms with van der Waals surface area (Å²) in [6, 6.07) is 1.86. The summed E-state index contributed by atoms with van der Waals surface area (Å²) in [5, 5.41) is 4.17. The van der Waals surface area contributed by atoms with E-state index in [0.717, 1.165) is 11.1 Å². The van der Waals surface area contributed by atoms with Crippen LogP contribution in [0.5, 0.6) is 0 Å². The lowest BCUT2D eigenvalue weighted by molar-refractivity contribution is 0.00578. The third-order valence-corrected chi connectivity index (χ3v) is 3.79. The van der Waals surface area contributed by atoms with Crippen molar-refractivity contribution < 1.29 is 9.31 Å². The molecule has 0 N–H and O–H groups in total. The van der Waals surface area contributed by atoms with Crippen LogP contribution in [0.15, 0.2) is 24.7 Å². The van der Waals surface area contributed by atoms with Crippen molar-refractivity contribution >= 4 is 18.2 Å². The third-order valence-electron chi connectivity index (χ3n) is 3.79. The van der Waals surface area contributed by atoms with E-state index in [1.165, 1.54) is 0 Å². The van der Waals surface area contributed by atoms with E-state index in [1.807, 2.05) is 40.0 Å². The Hall–Kier alpha value is -1.40. The normalized spacial score (nSPS) is 21.7. The SMILES string of the molecule is CC1(C)OB(c2cnc3ccnn3c2)OC1(C)C. The van der Waals surface area contributed by atoms with Gasteiger partial charge in [-0.1, -0.05) is 0 Å². The highest BCUT2D eigenvalue weighted by Crippen LogP contribution is 2.36. The van der Waals surface area contributed by atoms with E-state index < -0.39 is 7.12 Å². The van der Waals surface area contributed by atoms with E-state index in [4.69, 9.17) is 9.31 Å². The van der Waals surface area contributed by atoms with E-state index >= 15 is 0 Å². The van der Waals surface area contributed by atoms with E-state index in [9.17, 15) is 0 Å². The maximum atomic E-state index is 5.97. The van der Waals surface area contributed by atoms with Gasteiger partial charge in [-0.05, 0) is 27.7 Å². The third kappa shape index (κ3) is 1.64. The van der Waals surface area contributed by atoms with Crippen molar-refractivity contribution in [3.8, 4) is 0 Å². The summed E-state index contributed by atoms with van der Waals surface area (Å²) >= 11 is 0. The molecule has 0 bridgehead atoms. The zero-order chi connectivity index (χ0) is 13.0. The summed E-state index contributed by atoms with van der Waals surface area (Å²) in [5.74, 6) is 0. The quantitative estimate of drug-likeness (QED) is 0.704. The summed E-state index contributed by atoms with van der Waals surface area (Å²) in [5.41, 5.74) is 1.02. The first-order valence-electron chi connectivity index (χ1n) is 6.04. The summed E-state index contributed by atoms with van der Waals surface area (Å²) < 4.78 is 13.7. The molecule has 1 aliphatic rings. The van der Waals surface area contributed by atoms with Gasteiger partial charge in [-0.25, -0.2) is 9.50 Å². The highest BCUT2D eigenvalue weighted by atomic mass is 16.7. The minimum Gasteiger partial charge on any atom is -0.399 e. The summed E-state index contributed by atoms with van der Waals surface area (Å²) in [6.45, 7) is 8.14. The molecule has 0 aliphatic carbocycles. The van der Waals surface area contributed by atoms with Gasteiger partial charge < -0.3 is 9.31 Å². The first-order chi connectivity index (χ1) is 8.39. The first kappa shape index (κ1) is 11.7. The Bertz CT molecular complexity index is 578. The lowest BCUT2D eigenvalue weighted by Crippen LogP contribution is -2.41. The molecular weight excluding hydrogens is 229 g/mol. The van der Waals surface area contributed by atoms with Crippen molar-refractivity contribution in [2.45, 2.75) is 38.9 Å². The standard InChI is InChI=1S/C12H16BN3O2/c1-11(2)12(3,4)18-13(17-11)9-7-14-10-5-6-15-16(10)8-9/h5-8H,1-4H3. The van der Waals surface area contributed by atoms with Gasteiger partial charge in [0.1, 0.15) is 0 Å². The molecule has 2 aromatic rings. The molecule has 0 saturated carbocycles. The van der Waals surface area contributed by atoms with Crippen LogP contribution in [0.3, 0.4) is 0 Å². The Morgan fingerprint density at radius 2 is 1.83 bits per heavy atom. The van der Waals surface area contributed by atoms with Gasteiger partial charge in [0.25, 0.3) is 0 Å². The zero-order valence-electron chi connectivity index (χ0n) is 11.0. The minimum atomic E-state index is -0.393. The lowest BCUT2D eigenvalue weighted by atomic mass is 9.81. The van der Waals surface area contributed by atoms with Gasteiger partial charge in [-0.3, -0.25) is 0 Å². The van der Waals surface area contributed by atoms with Gasteiger partial charge in [-0.15, -0.1) is 0 Å². The Kier molecular flexibility index (Phi) is 2.31. The van der Waals surface area contributed by atoms with Gasteiger partial charge in [-0.2, -0.15) is 5.10 Å². The monoisotopic (exact) mass is 245 g/mol. The topological polar surface area (TPSA) is 48.7 Å². The van der Waals surface area contributed by atoms with Crippen LogP contribution in [-0.2, 0) is 9.31 Å². The van der Waals surface area contributed by atoms with Crippen LogP contribution in [0.4, 0.5) is 0 Å². The molecule has 6 heteroatoms. The van der Waals surface area contributed by atoms with Gasteiger partial charge in [0, 0.05) is 23.9 Å². The number of hydrogen-bond donors (Lipinski definition) is 0. The van der Waals surface area contributed by atoms with Crippen molar-refractivity contribution in [1.29, 1.82) is 0 Å². The van der Waals surface area contributed by atoms with Crippen LogP contribution >= 0.6 is 0 Å². The molecule has 1 saturated heterocycles. The summed E-state index contributed by atoms with van der Waals surface area (Å²) in [6.07, 6.45) is 5.39. The maximum Gasteiger partial charge on any atom is 0.498 e. The number of fused-ring (bicyclic) bond motifs is 1. The Morgan fingerprint density at radius 3 is 2.50 bits per heavy atom. The number of hydrogen-bond acceptors (Lipinski definition) is 4. The Balaban J connectivity index is 1.96. The fraction of sp³-hybridized carbons (Fsp3) is 0.500. The maximum absolute atomic E-state index is 5.97. The summed E-state index contributed by atoms with van der Waals surface area (Å²) in [4.78, 5) is 4.32. The second-order valence-corrected chi connectivity index (χ2v) is 5.61. The van der Waals surface area contributed by atoms with Crippen LogP contribution in [0.2, 0.25) is 0 Å². The van der Waals surface area contributed by atoms with Crippen LogP contribution in [0, 0.1) is 0 Å². The molecule has 0 amide bonds. The molecule has 1 fully saturated rings. The average Bonchev–Trinajstić information content (AvgIpc) is 2.80. The van der Waals surface area contributed by atoms with E-state index in [-0.39, 0.29) is 11.2 Å². The molecular formula is C12H16BN3O2. The second kappa shape index (κ2) is 3.55. The van der Waals surface area contributed by atoms with Crippen molar-refractivity contribution in [1.82, 2.24) is 14.6 Å². The lowest BCUT2D eigenvalue weighted by Gasteiger charge is -2.32. The van der Waals surface area contributed by atoms with Crippen LogP contribution in [0.25, 0.3) is 5.65 Å². The number of aromatic nitrogens is 3. The molecule has 0 aromatic carbocycles. The molecule has 0 unspecified atom stereocenters. The highest BCUT2D eigenvalue weighted by Gasteiger charge is 2.51. The molecule has 0 spiro atoms. The fourth-order valence-corrected chi connectivity index (χ4v) is 1.93. The van der Waals surface area contributed by atoms with Crippen molar-refractivity contribution in [3.63, 3.8) is 0 Å².